The molecule has 0 fully saturated rings. The third-order valence-electron chi connectivity index (χ3n) is 4.40. The van der Waals surface area contributed by atoms with E-state index >= 15 is 0 Å². The summed E-state index contributed by atoms with van der Waals surface area (Å²) in [5.74, 6) is 0.583. The van der Waals surface area contributed by atoms with Crippen LogP contribution in [-0.4, -0.2) is 39.3 Å². The van der Waals surface area contributed by atoms with Gasteiger partial charge in [0.15, 0.2) is 17.6 Å². The van der Waals surface area contributed by atoms with Gasteiger partial charge in [-0.2, -0.15) is 0 Å². The Kier molecular flexibility index (Phi) is 7.47. The van der Waals surface area contributed by atoms with Crippen LogP contribution >= 0.6 is 0 Å². The number of hydrogen-bond acceptors (Lipinski definition) is 6. The fourth-order valence-electron chi connectivity index (χ4n) is 2.80. The average Bonchev–Trinajstić information content (AvgIpc) is 2.72. The first-order valence-electron chi connectivity index (χ1n) is 9.23. The minimum atomic E-state index is -0.798. The Morgan fingerprint density at radius 3 is 2.10 bits per heavy atom. The standard InChI is InChI=1S/C22H27NO6/c1-13(2)15-9-7-8-10-18(15)29-14(3)21(24)23-17-12-20(27-5)19(26-4)11-16(17)22(25)28-6/h7-14H,1-6H3,(H,23,24)/t14-/m1/s1. The number of rotatable bonds is 8. The van der Waals surface area contributed by atoms with Crippen molar-refractivity contribution in [1.29, 1.82) is 0 Å². The number of nitrogens with one attached hydrogen (secondary N) is 1. The predicted molar refractivity (Wildman–Crippen MR) is 110 cm³/mol. The van der Waals surface area contributed by atoms with Crippen molar-refractivity contribution < 1.29 is 28.5 Å². The summed E-state index contributed by atoms with van der Waals surface area (Å²) in [5.41, 5.74) is 1.40. The van der Waals surface area contributed by atoms with E-state index in [9.17, 15) is 9.59 Å². The molecule has 156 valence electrons. The number of hydrogen-bond donors (Lipinski definition) is 1. The SMILES string of the molecule is COC(=O)c1cc(OC)c(OC)cc1NC(=O)[C@@H](C)Oc1ccccc1C(C)C. The molecule has 7 nitrogen and oxygen atoms in total. The zero-order valence-corrected chi connectivity index (χ0v) is 17.6. The van der Waals surface area contributed by atoms with Gasteiger partial charge in [0.25, 0.3) is 5.91 Å². The number of benzene rings is 2. The number of carbonyl (C=O) groups excluding carboxylic acids is 2. The van der Waals surface area contributed by atoms with Gasteiger partial charge in [0.1, 0.15) is 5.75 Å². The first kappa shape index (κ1) is 22.1. The van der Waals surface area contributed by atoms with Crippen molar-refractivity contribution in [3.05, 3.63) is 47.5 Å². The van der Waals surface area contributed by atoms with Crippen molar-refractivity contribution in [3.63, 3.8) is 0 Å². The lowest BCUT2D eigenvalue weighted by molar-refractivity contribution is -0.122. The van der Waals surface area contributed by atoms with Crippen LogP contribution in [0.3, 0.4) is 0 Å². The Bertz CT molecular complexity index is 878. The zero-order valence-electron chi connectivity index (χ0n) is 17.6. The van der Waals surface area contributed by atoms with Crippen molar-refractivity contribution in [2.24, 2.45) is 0 Å². The molecule has 0 saturated carbocycles. The van der Waals surface area contributed by atoms with Crippen LogP contribution in [-0.2, 0) is 9.53 Å². The molecule has 0 radical (unpaired) electrons. The Balaban J connectivity index is 2.28. The monoisotopic (exact) mass is 401 g/mol. The summed E-state index contributed by atoms with van der Waals surface area (Å²) in [5, 5.41) is 2.72. The van der Waals surface area contributed by atoms with Gasteiger partial charge in [-0.15, -0.1) is 0 Å². The van der Waals surface area contributed by atoms with Crippen LogP contribution in [0.4, 0.5) is 5.69 Å². The Hall–Kier alpha value is -3.22. The highest BCUT2D eigenvalue weighted by Crippen LogP contribution is 2.34. The van der Waals surface area contributed by atoms with E-state index < -0.39 is 18.0 Å². The molecule has 0 aromatic heterocycles. The average molecular weight is 401 g/mol. The van der Waals surface area contributed by atoms with Crippen molar-refractivity contribution in [3.8, 4) is 17.2 Å². The smallest absolute Gasteiger partial charge is 0.340 e. The fraction of sp³-hybridized carbons (Fsp3) is 0.364. The lowest BCUT2D eigenvalue weighted by atomic mass is 10.0. The Labute approximate surface area is 170 Å². The van der Waals surface area contributed by atoms with Crippen LogP contribution < -0.4 is 19.5 Å². The van der Waals surface area contributed by atoms with E-state index in [-0.39, 0.29) is 17.2 Å². The fourth-order valence-corrected chi connectivity index (χ4v) is 2.80. The van der Waals surface area contributed by atoms with Gasteiger partial charge in [0.2, 0.25) is 0 Å². The third kappa shape index (κ3) is 5.19. The minimum absolute atomic E-state index is 0.147. The van der Waals surface area contributed by atoms with Gasteiger partial charge in [-0.3, -0.25) is 4.79 Å². The number of esters is 1. The van der Waals surface area contributed by atoms with E-state index in [0.717, 1.165) is 5.56 Å². The second-order valence-electron chi connectivity index (χ2n) is 6.69. The maximum atomic E-state index is 12.8. The van der Waals surface area contributed by atoms with Gasteiger partial charge in [-0.05, 0) is 24.5 Å². The summed E-state index contributed by atoms with van der Waals surface area (Å²) < 4.78 is 21.2. The number of anilines is 1. The molecule has 2 rings (SSSR count). The van der Waals surface area contributed by atoms with Crippen LogP contribution in [0, 0.1) is 0 Å². The number of ether oxygens (including phenoxy) is 4. The maximum absolute atomic E-state index is 12.8. The van der Waals surface area contributed by atoms with Gasteiger partial charge in [-0.1, -0.05) is 32.0 Å². The van der Waals surface area contributed by atoms with E-state index in [1.807, 2.05) is 24.3 Å². The quantitative estimate of drug-likeness (QED) is 0.673. The number of methoxy groups -OCH3 is 3. The topological polar surface area (TPSA) is 83.1 Å². The second-order valence-corrected chi connectivity index (χ2v) is 6.69. The molecule has 7 heteroatoms. The maximum Gasteiger partial charge on any atom is 0.340 e. The normalized spacial score (nSPS) is 11.6. The number of carbonyl (C=O) groups is 2. The summed E-state index contributed by atoms with van der Waals surface area (Å²) in [7, 11) is 4.19. The lowest BCUT2D eigenvalue weighted by Crippen LogP contribution is -2.31. The van der Waals surface area contributed by atoms with Gasteiger partial charge in [0.05, 0.1) is 32.6 Å². The molecule has 1 atom stereocenters. The molecule has 0 aliphatic carbocycles. The van der Waals surface area contributed by atoms with Crippen LogP contribution in [0.25, 0.3) is 0 Å². The Morgan fingerprint density at radius 1 is 0.897 bits per heavy atom. The molecule has 2 aromatic rings. The van der Waals surface area contributed by atoms with Gasteiger partial charge in [-0.25, -0.2) is 4.79 Å². The molecule has 2 aromatic carbocycles. The lowest BCUT2D eigenvalue weighted by Gasteiger charge is -2.20. The molecule has 0 bridgehead atoms. The molecule has 0 saturated heterocycles. The highest BCUT2D eigenvalue weighted by Gasteiger charge is 2.22. The van der Waals surface area contributed by atoms with Crippen LogP contribution in [0.5, 0.6) is 17.2 Å². The van der Waals surface area contributed by atoms with Crippen molar-refractivity contribution >= 4 is 17.6 Å². The third-order valence-corrected chi connectivity index (χ3v) is 4.40. The van der Waals surface area contributed by atoms with E-state index in [2.05, 4.69) is 19.2 Å². The van der Waals surface area contributed by atoms with Crippen LogP contribution in [0.15, 0.2) is 36.4 Å². The molecule has 1 N–H and O–H groups in total. The summed E-state index contributed by atoms with van der Waals surface area (Å²) in [6.07, 6.45) is -0.798. The summed E-state index contributed by atoms with van der Waals surface area (Å²) in [6, 6.07) is 10.6. The zero-order chi connectivity index (χ0) is 21.6. The second kappa shape index (κ2) is 9.82. The predicted octanol–water partition coefficient (Wildman–Crippen LogP) is 4.02. The number of amides is 1. The van der Waals surface area contributed by atoms with Gasteiger partial charge in [0, 0.05) is 12.1 Å². The molecule has 0 aliphatic heterocycles. The van der Waals surface area contributed by atoms with Crippen LogP contribution in [0.2, 0.25) is 0 Å². The van der Waals surface area contributed by atoms with E-state index in [1.165, 1.54) is 33.5 Å². The molecule has 0 heterocycles. The molecule has 0 aliphatic rings. The molecular weight excluding hydrogens is 374 g/mol. The molecule has 0 unspecified atom stereocenters. The van der Waals surface area contributed by atoms with Crippen molar-refractivity contribution in [2.75, 3.05) is 26.6 Å². The summed E-state index contributed by atoms with van der Waals surface area (Å²) >= 11 is 0. The molecule has 29 heavy (non-hydrogen) atoms. The molecular formula is C22H27NO6. The minimum Gasteiger partial charge on any atom is -0.493 e. The highest BCUT2D eigenvalue weighted by molar-refractivity contribution is 6.03. The number of para-hydroxylation sites is 1. The summed E-state index contributed by atoms with van der Waals surface area (Å²) in [6.45, 7) is 5.75. The van der Waals surface area contributed by atoms with Crippen LogP contribution in [0.1, 0.15) is 42.6 Å². The van der Waals surface area contributed by atoms with E-state index in [4.69, 9.17) is 18.9 Å². The molecule has 0 spiro atoms. The van der Waals surface area contributed by atoms with E-state index in [1.54, 1.807) is 6.92 Å². The molecule has 1 amide bonds. The van der Waals surface area contributed by atoms with Gasteiger partial charge >= 0.3 is 5.97 Å². The summed E-state index contributed by atoms with van der Waals surface area (Å²) in [4.78, 5) is 24.9. The Morgan fingerprint density at radius 2 is 1.52 bits per heavy atom. The van der Waals surface area contributed by atoms with Gasteiger partial charge < -0.3 is 24.3 Å². The highest BCUT2D eigenvalue weighted by atomic mass is 16.5. The largest absolute Gasteiger partial charge is 0.493 e. The van der Waals surface area contributed by atoms with Crippen molar-refractivity contribution in [2.45, 2.75) is 32.8 Å². The van der Waals surface area contributed by atoms with E-state index in [0.29, 0.717) is 17.2 Å². The first-order valence-corrected chi connectivity index (χ1v) is 9.23. The first-order chi connectivity index (χ1) is 13.8. The van der Waals surface area contributed by atoms with Crippen molar-refractivity contribution in [1.82, 2.24) is 0 Å².